The number of methoxy groups -OCH3 is 1. The van der Waals surface area contributed by atoms with Crippen molar-refractivity contribution >= 4 is 29.2 Å². The van der Waals surface area contributed by atoms with Crippen molar-refractivity contribution in [3.63, 3.8) is 0 Å². The lowest BCUT2D eigenvalue weighted by Gasteiger charge is -2.13. The molecule has 7 nitrogen and oxygen atoms in total. The van der Waals surface area contributed by atoms with Crippen molar-refractivity contribution in [1.29, 1.82) is 0 Å². The van der Waals surface area contributed by atoms with Gasteiger partial charge >= 0.3 is 0 Å². The fourth-order valence-corrected chi connectivity index (χ4v) is 3.10. The van der Waals surface area contributed by atoms with Crippen LogP contribution in [0.1, 0.15) is 43.6 Å². The fraction of sp³-hybridized carbons (Fsp3) is 0.125. The molecule has 3 aromatic carbocycles. The molecule has 0 saturated carbocycles. The van der Waals surface area contributed by atoms with Gasteiger partial charge in [-0.1, -0.05) is 29.8 Å². The second-order valence-corrected chi connectivity index (χ2v) is 7.02. The molecule has 0 bridgehead atoms. The number of halogens is 1. The molecule has 32 heavy (non-hydrogen) atoms. The van der Waals surface area contributed by atoms with Crippen LogP contribution in [0, 0.1) is 0 Å². The number of hydrazine groups is 1. The van der Waals surface area contributed by atoms with E-state index in [1.807, 2.05) is 6.92 Å². The molecule has 0 atom stereocenters. The summed E-state index contributed by atoms with van der Waals surface area (Å²) >= 11 is 5.88. The molecule has 0 aliphatic rings. The Morgan fingerprint density at radius 2 is 1.44 bits per heavy atom. The molecule has 0 saturated heterocycles. The van der Waals surface area contributed by atoms with Crippen LogP contribution in [0.4, 0.5) is 0 Å². The van der Waals surface area contributed by atoms with Crippen molar-refractivity contribution < 1.29 is 23.9 Å². The first-order valence-electron chi connectivity index (χ1n) is 9.75. The molecular weight excluding hydrogens is 432 g/mol. The minimum Gasteiger partial charge on any atom is -0.493 e. The Balaban J connectivity index is 1.74. The maximum absolute atomic E-state index is 12.9. The number of ether oxygens (including phenoxy) is 2. The molecule has 3 rings (SSSR count). The van der Waals surface area contributed by atoms with Gasteiger partial charge in [-0.2, -0.15) is 0 Å². The first-order valence-corrected chi connectivity index (χ1v) is 10.1. The van der Waals surface area contributed by atoms with Gasteiger partial charge in [0.25, 0.3) is 11.8 Å². The van der Waals surface area contributed by atoms with E-state index in [9.17, 15) is 14.4 Å². The van der Waals surface area contributed by atoms with Crippen molar-refractivity contribution in [3.8, 4) is 11.5 Å². The molecule has 0 aliphatic carbocycles. The second kappa shape index (κ2) is 10.5. The van der Waals surface area contributed by atoms with E-state index in [1.54, 1.807) is 54.6 Å². The average Bonchev–Trinajstić information content (AvgIpc) is 2.82. The van der Waals surface area contributed by atoms with E-state index in [0.717, 1.165) is 0 Å². The van der Waals surface area contributed by atoms with Crippen LogP contribution in [0.25, 0.3) is 0 Å². The summed E-state index contributed by atoms with van der Waals surface area (Å²) < 4.78 is 10.7. The second-order valence-electron chi connectivity index (χ2n) is 6.59. The predicted octanol–water partition coefficient (Wildman–Crippen LogP) is 4.05. The zero-order valence-corrected chi connectivity index (χ0v) is 18.2. The summed E-state index contributed by atoms with van der Waals surface area (Å²) in [4.78, 5) is 38.1. The number of hydrogen-bond donors (Lipinski definition) is 2. The lowest BCUT2D eigenvalue weighted by Crippen LogP contribution is -2.42. The predicted molar refractivity (Wildman–Crippen MR) is 120 cm³/mol. The molecule has 8 heteroatoms. The Morgan fingerprint density at radius 1 is 0.812 bits per heavy atom. The van der Waals surface area contributed by atoms with Crippen LogP contribution in [-0.4, -0.2) is 31.3 Å². The Labute approximate surface area is 190 Å². The topological polar surface area (TPSA) is 93.7 Å². The highest BCUT2D eigenvalue weighted by molar-refractivity contribution is 6.30. The molecule has 0 spiro atoms. The van der Waals surface area contributed by atoms with Gasteiger partial charge in [0.15, 0.2) is 17.3 Å². The van der Waals surface area contributed by atoms with E-state index >= 15 is 0 Å². The van der Waals surface area contributed by atoms with E-state index in [1.165, 1.54) is 19.2 Å². The molecule has 0 aliphatic heterocycles. The van der Waals surface area contributed by atoms with Gasteiger partial charge in [0, 0.05) is 21.7 Å². The van der Waals surface area contributed by atoms with Crippen LogP contribution in [0.2, 0.25) is 5.02 Å². The number of hydrogen-bond acceptors (Lipinski definition) is 5. The van der Waals surface area contributed by atoms with Crippen molar-refractivity contribution in [1.82, 2.24) is 10.9 Å². The SMILES string of the molecule is CCOc1ccc(C(=O)NNC(=O)c2ccccc2C(=O)c2ccc(Cl)cc2)cc1OC. The van der Waals surface area contributed by atoms with Gasteiger partial charge in [-0.3, -0.25) is 25.2 Å². The monoisotopic (exact) mass is 452 g/mol. The molecule has 0 aromatic heterocycles. The highest BCUT2D eigenvalue weighted by Crippen LogP contribution is 2.28. The van der Waals surface area contributed by atoms with Crippen LogP contribution in [0.3, 0.4) is 0 Å². The quantitative estimate of drug-likeness (QED) is 0.416. The van der Waals surface area contributed by atoms with Crippen molar-refractivity contribution in [2.24, 2.45) is 0 Å². The maximum Gasteiger partial charge on any atom is 0.270 e. The van der Waals surface area contributed by atoms with Crippen molar-refractivity contribution in [2.45, 2.75) is 6.92 Å². The fourth-order valence-electron chi connectivity index (χ4n) is 2.97. The molecule has 2 N–H and O–H groups in total. The zero-order valence-electron chi connectivity index (χ0n) is 17.5. The van der Waals surface area contributed by atoms with E-state index < -0.39 is 11.8 Å². The zero-order chi connectivity index (χ0) is 23.1. The maximum atomic E-state index is 12.9. The lowest BCUT2D eigenvalue weighted by atomic mass is 9.98. The van der Waals surface area contributed by atoms with E-state index in [2.05, 4.69) is 10.9 Å². The van der Waals surface area contributed by atoms with Gasteiger partial charge in [0.05, 0.1) is 19.3 Å². The highest BCUT2D eigenvalue weighted by atomic mass is 35.5. The molecule has 0 radical (unpaired) electrons. The molecule has 164 valence electrons. The molecule has 0 heterocycles. The molecule has 3 aromatic rings. The van der Waals surface area contributed by atoms with E-state index in [-0.39, 0.29) is 22.5 Å². The number of rotatable bonds is 7. The standard InChI is InChI=1S/C24H21ClN2O5/c1-3-32-20-13-10-16(14-21(20)31-2)23(29)26-27-24(30)19-7-5-4-6-18(19)22(28)15-8-11-17(25)12-9-15/h4-14H,3H2,1-2H3,(H,26,29)(H,27,30). The Bertz CT molecular complexity index is 1150. The van der Waals surface area contributed by atoms with Crippen LogP contribution in [0.5, 0.6) is 11.5 Å². The molecule has 0 unspecified atom stereocenters. The lowest BCUT2D eigenvalue weighted by molar-refractivity contribution is 0.0844. The summed E-state index contributed by atoms with van der Waals surface area (Å²) in [7, 11) is 1.47. The third kappa shape index (κ3) is 5.25. The van der Waals surface area contributed by atoms with Gasteiger partial charge in [-0.15, -0.1) is 0 Å². The number of benzene rings is 3. The number of carbonyl (C=O) groups is 3. The first-order chi connectivity index (χ1) is 15.4. The van der Waals surface area contributed by atoms with Crippen LogP contribution >= 0.6 is 11.6 Å². The van der Waals surface area contributed by atoms with E-state index in [4.69, 9.17) is 21.1 Å². The Kier molecular flexibility index (Phi) is 7.46. The first kappa shape index (κ1) is 22.8. The molecule has 0 fully saturated rings. The van der Waals surface area contributed by atoms with Gasteiger partial charge < -0.3 is 9.47 Å². The van der Waals surface area contributed by atoms with E-state index in [0.29, 0.717) is 28.7 Å². The summed E-state index contributed by atoms with van der Waals surface area (Å²) in [5.74, 6) is -0.625. The molecule has 2 amide bonds. The summed E-state index contributed by atoms with van der Waals surface area (Å²) in [5, 5.41) is 0.501. The average molecular weight is 453 g/mol. The Hall–Kier alpha value is -3.84. The van der Waals surface area contributed by atoms with Crippen molar-refractivity contribution in [3.05, 3.63) is 94.0 Å². The molecular formula is C24H21ClN2O5. The highest BCUT2D eigenvalue weighted by Gasteiger charge is 2.19. The van der Waals surface area contributed by atoms with Crippen LogP contribution < -0.4 is 20.3 Å². The smallest absolute Gasteiger partial charge is 0.270 e. The summed E-state index contributed by atoms with van der Waals surface area (Å²) in [6.45, 7) is 2.29. The minimum absolute atomic E-state index is 0.122. The van der Waals surface area contributed by atoms with Gasteiger partial charge in [-0.05, 0) is 55.5 Å². The minimum atomic E-state index is -0.630. The number of carbonyl (C=O) groups excluding carboxylic acids is 3. The van der Waals surface area contributed by atoms with Crippen LogP contribution in [0.15, 0.2) is 66.7 Å². The largest absolute Gasteiger partial charge is 0.493 e. The third-order valence-corrected chi connectivity index (χ3v) is 4.79. The summed E-state index contributed by atoms with van der Waals surface area (Å²) in [6, 6.07) is 17.4. The normalized spacial score (nSPS) is 10.2. The van der Waals surface area contributed by atoms with Gasteiger partial charge in [-0.25, -0.2) is 0 Å². The van der Waals surface area contributed by atoms with Crippen molar-refractivity contribution in [2.75, 3.05) is 13.7 Å². The van der Waals surface area contributed by atoms with Gasteiger partial charge in [0.1, 0.15) is 0 Å². The van der Waals surface area contributed by atoms with Crippen LogP contribution in [-0.2, 0) is 0 Å². The Morgan fingerprint density at radius 3 is 2.09 bits per heavy atom. The number of amides is 2. The number of ketones is 1. The number of nitrogens with one attached hydrogen (secondary N) is 2. The van der Waals surface area contributed by atoms with Gasteiger partial charge in [0.2, 0.25) is 0 Å². The summed E-state index contributed by atoms with van der Waals surface area (Å²) in [6.07, 6.45) is 0. The summed E-state index contributed by atoms with van der Waals surface area (Å²) in [5.41, 5.74) is 5.67. The third-order valence-electron chi connectivity index (χ3n) is 4.54.